The fourth-order valence-corrected chi connectivity index (χ4v) is 1.07. The lowest BCUT2D eigenvalue weighted by molar-refractivity contribution is -0.121. The van der Waals surface area contributed by atoms with Gasteiger partial charge in [-0.3, -0.25) is 4.79 Å². The molecule has 0 aromatic rings. The zero-order valence-electron chi connectivity index (χ0n) is 9.12. The Morgan fingerprint density at radius 2 is 2.21 bits per heavy atom. The number of aliphatic hydroxyl groups excluding tert-OH is 1. The molecule has 0 bridgehead atoms. The molecule has 2 atom stereocenters. The molecule has 0 fully saturated rings. The Morgan fingerprint density at radius 3 is 2.71 bits per heavy atom. The third-order valence-corrected chi connectivity index (χ3v) is 2.24. The summed E-state index contributed by atoms with van der Waals surface area (Å²) in [6, 6.07) is -0.0388. The second-order valence-electron chi connectivity index (χ2n) is 3.79. The van der Waals surface area contributed by atoms with Crippen molar-refractivity contribution in [2.24, 2.45) is 11.7 Å². The van der Waals surface area contributed by atoms with E-state index in [1.807, 2.05) is 13.8 Å². The Morgan fingerprint density at radius 1 is 1.57 bits per heavy atom. The van der Waals surface area contributed by atoms with Crippen LogP contribution in [0.3, 0.4) is 0 Å². The first-order valence-corrected chi connectivity index (χ1v) is 5.23. The van der Waals surface area contributed by atoms with Crippen molar-refractivity contribution in [2.45, 2.75) is 39.2 Å². The number of rotatable bonds is 7. The van der Waals surface area contributed by atoms with Crippen LogP contribution >= 0.6 is 0 Å². The molecule has 0 saturated heterocycles. The first-order valence-electron chi connectivity index (χ1n) is 5.23. The summed E-state index contributed by atoms with van der Waals surface area (Å²) in [5.41, 5.74) is 5.64. The molecule has 4 heteroatoms. The van der Waals surface area contributed by atoms with Crippen LogP contribution in [0.2, 0.25) is 0 Å². The molecule has 4 N–H and O–H groups in total. The summed E-state index contributed by atoms with van der Waals surface area (Å²) in [6.07, 6.45) is 1.93. The van der Waals surface area contributed by atoms with E-state index in [-0.39, 0.29) is 18.6 Å². The summed E-state index contributed by atoms with van der Waals surface area (Å²) in [5.74, 6) is 0.325. The van der Waals surface area contributed by atoms with Crippen LogP contribution in [0, 0.1) is 5.92 Å². The molecule has 1 amide bonds. The Balaban J connectivity index is 3.53. The van der Waals surface area contributed by atoms with Gasteiger partial charge in [-0.15, -0.1) is 0 Å². The highest BCUT2D eigenvalue weighted by atomic mass is 16.3. The first kappa shape index (κ1) is 13.4. The molecule has 0 aromatic heterocycles. The van der Waals surface area contributed by atoms with E-state index in [4.69, 9.17) is 10.8 Å². The Bertz CT molecular complexity index is 162. The van der Waals surface area contributed by atoms with E-state index in [0.29, 0.717) is 18.9 Å². The molecule has 0 aromatic carbocycles. The summed E-state index contributed by atoms with van der Waals surface area (Å²) in [6.45, 7) is 4.75. The molecule has 0 spiro atoms. The van der Waals surface area contributed by atoms with Crippen molar-refractivity contribution in [1.29, 1.82) is 0 Å². The van der Waals surface area contributed by atoms with Gasteiger partial charge in [0.1, 0.15) is 0 Å². The van der Waals surface area contributed by atoms with E-state index in [1.54, 1.807) is 0 Å². The molecule has 0 saturated carbocycles. The van der Waals surface area contributed by atoms with Crippen LogP contribution in [0.5, 0.6) is 0 Å². The molecule has 4 nitrogen and oxygen atoms in total. The van der Waals surface area contributed by atoms with Gasteiger partial charge in [0, 0.05) is 25.6 Å². The fourth-order valence-electron chi connectivity index (χ4n) is 1.07. The molecule has 14 heavy (non-hydrogen) atoms. The van der Waals surface area contributed by atoms with Gasteiger partial charge in [0.25, 0.3) is 0 Å². The summed E-state index contributed by atoms with van der Waals surface area (Å²) in [4.78, 5) is 11.3. The van der Waals surface area contributed by atoms with Crippen molar-refractivity contribution in [3.05, 3.63) is 0 Å². The van der Waals surface area contributed by atoms with Gasteiger partial charge in [-0.05, 0) is 18.8 Å². The van der Waals surface area contributed by atoms with E-state index in [2.05, 4.69) is 5.32 Å². The summed E-state index contributed by atoms with van der Waals surface area (Å²) < 4.78 is 0. The lowest BCUT2D eigenvalue weighted by atomic mass is 10.1. The lowest BCUT2D eigenvalue weighted by Crippen LogP contribution is -2.33. The minimum absolute atomic E-state index is 0.00383. The molecule has 0 aliphatic rings. The number of hydrogen-bond acceptors (Lipinski definition) is 3. The van der Waals surface area contributed by atoms with Crippen molar-refractivity contribution in [3.8, 4) is 0 Å². The zero-order chi connectivity index (χ0) is 11.0. The third-order valence-electron chi connectivity index (χ3n) is 2.24. The van der Waals surface area contributed by atoms with Gasteiger partial charge in [-0.1, -0.05) is 13.8 Å². The number of amides is 1. The van der Waals surface area contributed by atoms with Crippen LogP contribution < -0.4 is 11.1 Å². The highest BCUT2D eigenvalue weighted by Crippen LogP contribution is 1.99. The standard InChI is InChI=1S/C10H22N2O2/c1-3-9(11)6-10(14)12-7-8(2)4-5-13/h8-9,13H,3-7,11H2,1-2H3,(H,12,14). The van der Waals surface area contributed by atoms with E-state index in [9.17, 15) is 4.79 Å². The van der Waals surface area contributed by atoms with Gasteiger partial charge in [-0.25, -0.2) is 0 Å². The highest BCUT2D eigenvalue weighted by Gasteiger charge is 2.08. The van der Waals surface area contributed by atoms with Crippen LogP contribution in [-0.4, -0.2) is 30.2 Å². The van der Waals surface area contributed by atoms with Crippen molar-refractivity contribution < 1.29 is 9.90 Å². The number of carbonyl (C=O) groups excluding carboxylic acids is 1. The maximum atomic E-state index is 11.3. The average Bonchev–Trinajstić information content (AvgIpc) is 2.15. The molecule has 0 heterocycles. The third kappa shape index (κ3) is 6.86. The second-order valence-corrected chi connectivity index (χ2v) is 3.79. The van der Waals surface area contributed by atoms with E-state index >= 15 is 0 Å². The van der Waals surface area contributed by atoms with Gasteiger partial charge in [0.2, 0.25) is 5.91 Å². The Labute approximate surface area is 85.9 Å². The number of nitrogens with two attached hydrogens (primary N) is 1. The summed E-state index contributed by atoms with van der Waals surface area (Å²) in [7, 11) is 0. The highest BCUT2D eigenvalue weighted by molar-refractivity contribution is 5.76. The van der Waals surface area contributed by atoms with Gasteiger partial charge in [-0.2, -0.15) is 0 Å². The maximum absolute atomic E-state index is 11.3. The first-order chi connectivity index (χ1) is 6.60. The molecule has 0 radical (unpaired) electrons. The van der Waals surface area contributed by atoms with Crippen LogP contribution in [0.4, 0.5) is 0 Å². The molecular formula is C10H22N2O2. The molecule has 0 aliphatic heterocycles. The van der Waals surface area contributed by atoms with Crippen molar-refractivity contribution in [2.75, 3.05) is 13.2 Å². The topological polar surface area (TPSA) is 75.4 Å². The minimum atomic E-state index is -0.0388. The predicted molar refractivity (Wildman–Crippen MR) is 56.8 cm³/mol. The number of aliphatic hydroxyl groups is 1. The van der Waals surface area contributed by atoms with Gasteiger partial charge >= 0.3 is 0 Å². The minimum Gasteiger partial charge on any atom is -0.396 e. The molecular weight excluding hydrogens is 180 g/mol. The fraction of sp³-hybridized carbons (Fsp3) is 0.900. The van der Waals surface area contributed by atoms with Crippen molar-refractivity contribution in [1.82, 2.24) is 5.32 Å². The Hall–Kier alpha value is -0.610. The summed E-state index contributed by atoms with van der Waals surface area (Å²) >= 11 is 0. The maximum Gasteiger partial charge on any atom is 0.221 e. The van der Waals surface area contributed by atoms with Gasteiger partial charge in [0.05, 0.1) is 0 Å². The monoisotopic (exact) mass is 202 g/mol. The number of hydrogen-bond donors (Lipinski definition) is 3. The van der Waals surface area contributed by atoms with Crippen LogP contribution in [-0.2, 0) is 4.79 Å². The normalized spacial score (nSPS) is 14.9. The van der Waals surface area contributed by atoms with Gasteiger partial charge < -0.3 is 16.2 Å². The number of nitrogens with one attached hydrogen (secondary N) is 1. The van der Waals surface area contributed by atoms with Crippen LogP contribution in [0.25, 0.3) is 0 Å². The van der Waals surface area contributed by atoms with Crippen LogP contribution in [0.15, 0.2) is 0 Å². The zero-order valence-corrected chi connectivity index (χ0v) is 9.12. The molecule has 0 rings (SSSR count). The van der Waals surface area contributed by atoms with E-state index in [1.165, 1.54) is 0 Å². The largest absolute Gasteiger partial charge is 0.396 e. The Kier molecular flexibility index (Phi) is 7.42. The second kappa shape index (κ2) is 7.76. The van der Waals surface area contributed by atoms with Gasteiger partial charge in [0.15, 0.2) is 0 Å². The van der Waals surface area contributed by atoms with E-state index < -0.39 is 0 Å². The van der Waals surface area contributed by atoms with Crippen molar-refractivity contribution >= 4 is 5.91 Å². The molecule has 84 valence electrons. The smallest absolute Gasteiger partial charge is 0.221 e. The lowest BCUT2D eigenvalue weighted by Gasteiger charge is -2.12. The molecule has 0 aliphatic carbocycles. The quantitative estimate of drug-likeness (QED) is 0.554. The average molecular weight is 202 g/mol. The SMILES string of the molecule is CCC(N)CC(=O)NCC(C)CCO. The van der Waals surface area contributed by atoms with Crippen molar-refractivity contribution in [3.63, 3.8) is 0 Å². The van der Waals surface area contributed by atoms with Crippen LogP contribution in [0.1, 0.15) is 33.1 Å². The summed E-state index contributed by atoms with van der Waals surface area (Å²) in [5, 5.41) is 11.5. The predicted octanol–water partition coefficient (Wildman–Crippen LogP) is 0.248. The van der Waals surface area contributed by atoms with E-state index in [0.717, 1.165) is 12.8 Å². The molecule has 2 unspecified atom stereocenters. The number of carbonyl (C=O) groups is 1.